The van der Waals surface area contributed by atoms with E-state index in [0.717, 1.165) is 50.5 Å². The highest BCUT2D eigenvalue weighted by molar-refractivity contribution is 5.89. The highest BCUT2D eigenvalue weighted by Crippen LogP contribution is 2.68. The number of carbonyl (C=O) groups is 3. The summed E-state index contributed by atoms with van der Waals surface area (Å²) in [5.41, 5.74) is -0.744. The Balaban J connectivity index is 2.01. The van der Waals surface area contributed by atoms with Gasteiger partial charge in [0.25, 0.3) is 0 Å². The second kappa shape index (κ2) is 10.2. The average Bonchev–Trinajstić information content (AvgIpc) is 2.82. The number of esters is 1. The number of aliphatic hydroxyl groups excluding tert-OH is 1. The molecule has 0 aliphatic heterocycles. The first-order valence-corrected chi connectivity index (χ1v) is 14.8. The molecule has 0 bridgehead atoms. The second-order valence-electron chi connectivity index (χ2n) is 15.3. The number of carbonyl (C=O) groups excluding carboxylic acids is 3. The first-order valence-electron chi connectivity index (χ1n) is 14.8. The highest BCUT2D eigenvalue weighted by atomic mass is 16.5. The van der Waals surface area contributed by atoms with Gasteiger partial charge in [-0.3, -0.25) is 14.4 Å². The van der Waals surface area contributed by atoms with Gasteiger partial charge < -0.3 is 9.84 Å². The molecule has 38 heavy (non-hydrogen) atoms. The van der Waals surface area contributed by atoms with Crippen LogP contribution in [-0.4, -0.2) is 36.4 Å². The summed E-state index contributed by atoms with van der Waals surface area (Å²) in [4.78, 5) is 39.0. The van der Waals surface area contributed by atoms with Gasteiger partial charge in [-0.2, -0.15) is 0 Å². The minimum Gasteiger partial charge on any atom is -0.469 e. The van der Waals surface area contributed by atoms with Crippen molar-refractivity contribution in [2.24, 2.45) is 44.3 Å². The van der Waals surface area contributed by atoms with Crippen LogP contribution in [0.1, 0.15) is 120 Å². The first-order chi connectivity index (χ1) is 17.3. The normalized spacial score (nSPS) is 40.5. The summed E-state index contributed by atoms with van der Waals surface area (Å²) >= 11 is 0. The molecular formula is C33H54O5. The van der Waals surface area contributed by atoms with E-state index in [1.165, 1.54) is 7.11 Å². The fourth-order valence-corrected chi connectivity index (χ4v) is 9.04. The van der Waals surface area contributed by atoms with Crippen molar-refractivity contribution in [1.82, 2.24) is 0 Å². The van der Waals surface area contributed by atoms with E-state index in [-0.39, 0.29) is 57.6 Å². The Morgan fingerprint density at radius 1 is 1.08 bits per heavy atom. The van der Waals surface area contributed by atoms with Gasteiger partial charge in [-0.25, -0.2) is 0 Å². The van der Waals surface area contributed by atoms with Crippen molar-refractivity contribution in [2.75, 3.05) is 13.7 Å². The van der Waals surface area contributed by atoms with E-state index in [1.807, 2.05) is 13.0 Å². The zero-order valence-electron chi connectivity index (χ0n) is 25.9. The molecule has 3 aliphatic carbocycles. The molecule has 3 aliphatic rings. The van der Waals surface area contributed by atoms with Gasteiger partial charge in [0.15, 0.2) is 5.78 Å². The Hall–Kier alpha value is -1.49. The lowest BCUT2D eigenvalue weighted by atomic mass is 9.41. The van der Waals surface area contributed by atoms with E-state index in [9.17, 15) is 19.5 Å². The Morgan fingerprint density at radius 2 is 1.71 bits per heavy atom. The molecule has 3 saturated carbocycles. The van der Waals surface area contributed by atoms with Gasteiger partial charge in [-0.1, -0.05) is 61.0 Å². The molecule has 5 heteroatoms. The molecule has 0 spiro atoms. The minimum atomic E-state index is -0.784. The molecule has 0 aromatic carbocycles. The smallest absolute Gasteiger partial charge is 0.312 e. The molecule has 0 aromatic heterocycles. The Bertz CT molecular complexity index is 991. The maximum absolute atomic E-state index is 13.3. The molecule has 0 saturated heterocycles. The maximum atomic E-state index is 13.3. The molecule has 0 heterocycles. The van der Waals surface area contributed by atoms with Crippen LogP contribution in [0.15, 0.2) is 11.6 Å². The number of allylic oxidation sites excluding steroid dienone is 2. The van der Waals surface area contributed by atoms with Crippen LogP contribution in [0.25, 0.3) is 0 Å². The Labute approximate surface area is 231 Å². The van der Waals surface area contributed by atoms with Crippen LogP contribution in [-0.2, 0) is 19.1 Å². The van der Waals surface area contributed by atoms with Gasteiger partial charge in [-0.05, 0) is 97.9 Å². The number of methoxy groups -OCH3 is 1. The van der Waals surface area contributed by atoms with Crippen molar-refractivity contribution < 1.29 is 24.2 Å². The molecule has 0 radical (unpaired) electrons. The van der Waals surface area contributed by atoms with Gasteiger partial charge in [0.05, 0.1) is 24.5 Å². The number of aliphatic hydroxyl groups is 1. The summed E-state index contributed by atoms with van der Waals surface area (Å²) in [6.07, 6.45) is 9.11. The third kappa shape index (κ3) is 4.84. The van der Waals surface area contributed by atoms with Gasteiger partial charge in [-0.15, -0.1) is 0 Å². The van der Waals surface area contributed by atoms with Crippen LogP contribution in [0, 0.1) is 44.3 Å². The molecule has 1 unspecified atom stereocenters. The average molecular weight is 531 g/mol. The summed E-state index contributed by atoms with van der Waals surface area (Å²) in [5, 5.41) is 10.4. The maximum Gasteiger partial charge on any atom is 0.312 e. The second-order valence-corrected chi connectivity index (χ2v) is 15.3. The van der Waals surface area contributed by atoms with Gasteiger partial charge in [0, 0.05) is 6.42 Å². The fourth-order valence-electron chi connectivity index (χ4n) is 9.04. The SMILES string of the molecule is COC(=O)[C@]1(CCC(C)(C)[C@]2(C)CC[C@H]3[C@](C)(CO)C(=O)CC[C@]3(C)/C2=C/C(C)=O)CCC(C)(C)CC1C. The summed E-state index contributed by atoms with van der Waals surface area (Å²) in [7, 11) is 1.52. The van der Waals surface area contributed by atoms with Gasteiger partial charge in [0.1, 0.15) is 5.78 Å². The largest absolute Gasteiger partial charge is 0.469 e. The molecule has 5 nitrogen and oxygen atoms in total. The van der Waals surface area contributed by atoms with Crippen molar-refractivity contribution in [2.45, 2.75) is 120 Å². The monoisotopic (exact) mass is 530 g/mol. The number of rotatable bonds is 7. The summed E-state index contributed by atoms with van der Waals surface area (Å²) in [5.74, 6) is 0.318. The lowest BCUT2D eigenvalue weighted by Crippen LogP contribution is -2.58. The first kappa shape index (κ1) is 31.0. The number of hydrogen-bond acceptors (Lipinski definition) is 5. The zero-order valence-corrected chi connectivity index (χ0v) is 25.9. The molecule has 3 fully saturated rings. The fraction of sp³-hybridized carbons (Fsp3) is 0.848. The van der Waals surface area contributed by atoms with Crippen LogP contribution in [0.5, 0.6) is 0 Å². The van der Waals surface area contributed by atoms with E-state index in [4.69, 9.17) is 4.74 Å². The van der Waals surface area contributed by atoms with Gasteiger partial charge >= 0.3 is 5.97 Å². The summed E-state index contributed by atoms with van der Waals surface area (Å²) < 4.78 is 5.42. The third-order valence-corrected chi connectivity index (χ3v) is 12.2. The van der Waals surface area contributed by atoms with E-state index in [1.54, 1.807) is 6.92 Å². The minimum absolute atomic E-state index is 0.00210. The molecule has 3 rings (SSSR count). The molecule has 0 amide bonds. The van der Waals surface area contributed by atoms with Crippen molar-refractivity contribution in [3.05, 3.63) is 11.6 Å². The standard InChI is InChI=1S/C33H54O5/c1-22-20-28(3,4)15-17-33(22,27(37)38-10)18-16-29(5,6)32(9)14-11-24-30(7,25(32)19-23(2)35)13-12-26(36)31(24,8)21-34/h19,22,24,34H,11-18,20-21H2,1-10H3/b25-19-/t22?,24-,30+,31+,32-,33+/m1/s1. The number of ether oxygens (including phenoxy) is 1. The number of hydrogen-bond donors (Lipinski definition) is 1. The van der Waals surface area contributed by atoms with Crippen molar-refractivity contribution in [3.63, 3.8) is 0 Å². The number of fused-ring (bicyclic) bond motifs is 1. The van der Waals surface area contributed by atoms with E-state index in [0.29, 0.717) is 12.8 Å². The number of Topliss-reactive ketones (excluding diaryl/α,β-unsaturated/α-hetero) is 1. The van der Waals surface area contributed by atoms with Crippen LogP contribution in [0.2, 0.25) is 0 Å². The van der Waals surface area contributed by atoms with Crippen LogP contribution in [0.4, 0.5) is 0 Å². The predicted octanol–water partition coefficient (Wildman–Crippen LogP) is 7.10. The van der Waals surface area contributed by atoms with E-state index < -0.39 is 10.8 Å². The summed E-state index contributed by atoms with van der Waals surface area (Å²) in [6.45, 7) is 19.3. The third-order valence-electron chi connectivity index (χ3n) is 12.2. The lowest BCUT2D eigenvalue weighted by Gasteiger charge is -2.63. The Morgan fingerprint density at radius 3 is 2.24 bits per heavy atom. The molecule has 1 N–H and O–H groups in total. The van der Waals surface area contributed by atoms with E-state index in [2.05, 4.69) is 48.5 Å². The van der Waals surface area contributed by atoms with Crippen molar-refractivity contribution in [3.8, 4) is 0 Å². The summed E-state index contributed by atoms with van der Waals surface area (Å²) in [6, 6.07) is 0. The van der Waals surface area contributed by atoms with Crippen molar-refractivity contribution >= 4 is 17.5 Å². The van der Waals surface area contributed by atoms with E-state index >= 15 is 0 Å². The molecule has 6 atom stereocenters. The van der Waals surface area contributed by atoms with Crippen molar-refractivity contribution in [1.29, 1.82) is 0 Å². The predicted molar refractivity (Wildman–Crippen MR) is 151 cm³/mol. The lowest BCUT2D eigenvalue weighted by molar-refractivity contribution is -0.163. The molecule has 0 aromatic rings. The zero-order chi connectivity index (χ0) is 28.9. The molecule has 216 valence electrons. The Kier molecular flexibility index (Phi) is 8.30. The highest BCUT2D eigenvalue weighted by Gasteiger charge is 2.62. The van der Waals surface area contributed by atoms with Crippen LogP contribution in [0.3, 0.4) is 0 Å². The van der Waals surface area contributed by atoms with Gasteiger partial charge in [0.2, 0.25) is 0 Å². The number of ketones is 2. The van der Waals surface area contributed by atoms with Crippen LogP contribution < -0.4 is 0 Å². The topological polar surface area (TPSA) is 80.7 Å². The molecular weight excluding hydrogens is 476 g/mol. The van der Waals surface area contributed by atoms with Crippen LogP contribution >= 0.6 is 0 Å². The quantitative estimate of drug-likeness (QED) is 0.280.